The zero-order valence-corrected chi connectivity index (χ0v) is 31.6. The number of benzene rings is 3. The number of aromatic nitrogens is 3. The van der Waals surface area contributed by atoms with Gasteiger partial charge in [-0.25, -0.2) is 0 Å². The smallest absolute Gasteiger partial charge is 0.264 e. The summed E-state index contributed by atoms with van der Waals surface area (Å²) in [5.41, 5.74) is 1.23. The predicted octanol–water partition coefficient (Wildman–Crippen LogP) is 2.55. The first kappa shape index (κ1) is 38.9. The lowest BCUT2D eigenvalue weighted by Gasteiger charge is -2.37. The molecule has 0 saturated carbocycles. The Hall–Kier alpha value is -4.39. The van der Waals surface area contributed by atoms with Gasteiger partial charge in [-0.3, -0.25) is 14.3 Å². The van der Waals surface area contributed by atoms with Crippen molar-refractivity contribution in [3.63, 3.8) is 0 Å². The molecule has 0 bridgehead atoms. The number of halogens is 1. The number of amides is 2. The van der Waals surface area contributed by atoms with E-state index in [1.165, 1.54) is 0 Å². The molecule has 14 nitrogen and oxygen atoms in total. The molecule has 2 saturated heterocycles. The highest BCUT2D eigenvalue weighted by molar-refractivity contribution is 6.72. The van der Waals surface area contributed by atoms with Crippen LogP contribution in [0.1, 0.15) is 41.6 Å². The van der Waals surface area contributed by atoms with E-state index in [0.717, 1.165) is 11.1 Å². The maximum Gasteiger partial charge on any atom is 0.264 e. The summed E-state index contributed by atoms with van der Waals surface area (Å²) in [6.07, 6.45) is -7.78. The van der Waals surface area contributed by atoms with Gasteiger partial charge in [0.25, 0.3) is 11.8 Å². The molecule has 10 atom stereocenters. The lowest BCUT2D eigenvalue weighted by atomic mass is 9.82. The number of aliphatic hydroxyl groups is 5. The van der Waals surface area contributed by atoms with Gasteiger partial charge >= 0.3 is 0 Å². The van der Waals surface area contributed by atoms with Crippen molar-refractivity contribution in [3.8, 4) is 0 Å². The van der Waals surface area contributed by atoms with Crippen LogP contribution in [0, 0.1) is 5.92 Å². The maximum atomic E-state index is 16.6. The van der Waals surface area contributed by atoms with Crippen LogP contribution in [0.25, 0.3) is 0 Å². The average Bonchev–Trinajstić information content (AvgIpc) is 3.82. The Morgan fingerprint density at radius 1 is 1.00 bits per heavy atom. The first-order valence-electron chi connectivity index (χ1n) is 18.4. The lowest BCUT2D eigenvalue weighted by molar-refractivity contribution is -0.274. The van der Waals surface area contributed by atoms with Crippen LogP contribution in [-0.2, 0) is 37.8 Å². The van der Waals surface area contributed by atoms with E-state index in [2.05, 4.69) is 15.6 Å². The number of ether oxygens (including phenoxy) is 2. The zero-order chi connectivity index (χ0) is 39.2. The minimum Gasteiger partial charge on any atom is -0.395 e. The van der Waals surface area contributed by atoms with E-state index < -0.39 is 68.2 Å². The quantitative estimate of drug-likeness (QED) is 0.0967. The van der Waals surface area contributed by atoms with Crippen LogP contribution in [0.4, 0.5) is 15.5 Å². The monoisotopic (exact) mass is 775 g/mol. The highest BCUT2D eigenvalue weighted by atomic mass is 28.4. The summed E-state index contributed by atoms with van der Waals surface area (Å²) in [7, 11) is -3.54. The molecular weight excluding hydrogens is 730 g/mol. The molecule has 55 heavy (non-hydrogen) atoms. The third kappa shape index (κ3) is 7.13. The number of nitrogens with one attached hydrogen (secondary N) is 1. The van der Waals surface area contributed by atoms with Crippen molar-refractivity contribution in [1.82, 2.24) is 15.0 Å². The normalized spacial score (nSPS) is 29.8. The van der Waals surface area contributed by atoms with Gasteiger partial charge < -0.3 is 49.3 Å². The third-order valence-corrected chi connectivity index (χ3v) is 13.7. The Morgan fingerprint density at radius 3 is 2.36 bits per heavy atom. The van der Waals surface area contributed by atoms with Crippen LogP contribution in [0.15, 0.2) is 85.1 Å². The van der Waals surface area contributed by atoms with E-state index in [-0.39, 0.29) is 30.7 Å². The van der Waals surface area contributed by atoms with E-state index in [1.807, 2.05) is 67.6 Å². The maximum absolute atomic E-state index is 16.6. The number of aryl methyl sites for hydroxylation is 1. The highest BCUT2D eigenvalue weighted by Crippen LogP contribution is 2.60. The van der Waals surface area contributed by atoms with Gasteiger partial charge in [-0.1, -0.05) is 72.8 Å². The number of anilines is 2. The molecule has 16 heteroatoms. The molecule has 0 aliphatic carbocycles. The summed E-state index contributed by atoms with van der Waals surface area (Å²) in [4.78, 5) is 29.8. The van der Waals surface area contributed by atoms with Crippen molar-refractivity contribution in [1.29, 1.82) is 0 Å². The van der Waals surface area contributed by atoms with Gasteiger partial charge in [0.2, 0.25) is 8.41 Å². The second-order valence-corrected chi connectivity index (χ2v) is 18.9. The molecule has 3 aliphatic heterocycles. The molecule has 292 valence electrons. The summed E-state index contributed by atoms with van der Waals surface area (Å²) in [5.74, 6) is -2.29. The molecule has 2 amide bonds. The molecular formula is C39H46FN5O9Si. The summed E-state index contributed by atoms with van der Waals surface area (Å²) in [6.45, 7) is 5.39. The van der Waals surface area contributed by atoms with E-state index in [4.69, 9.17) is 9.47 Å². The summed E-state index contributed by atoms with van der Waals surface area (Å²) < 4.78 is 30.2. The first-order valence-corrected chi connectivity index (χ1v) is 21.3. The van der Waals surface area contributed by atoms with Crippen molar-refractivity contribution in [2.75, 3.05) is 16.8 Å². The summed E-state index contributed by atoms with van der Waals surface area (Å²) >= 11 is 0. The number of rotatable bonds is 11. The SMILES string of the molecule is C[C@@H]1[C@@H]([Si](C)(C)F)[C@H](CCn2cc(C(CO)c3ccccc3)nn2)O[C@@]12C(=O)N(Cc1ccccc1)c1ccc(NC(=O)[C@H]3O[C@@H](O)[C@H](O)[C@@H](O)[C@@H]3O)cc12. The van der Waals surface area contributed by atoms with Gasteiger partial charge in [-0.05, 0) is 48.8 Å². The molecule has 3 aliphatic rings. The number of hydrogen-bond acceptors (Lipinski definition) is 11. The molecule has 4 heterocycles. The summed E-state index contributed by atoms with van der Waals surface area (Å²) in [6, 6.07) is 23.7. The second-order valence-electron chi connectivity index (χ2n) is 15.1. The molecule has 7 rings (SSSR count). The van der Waals surface area contributed by atoms with Crippen LogP contribution < -0.4 is 10.2 Å². The number of nitrogens with zero attached hydrogens (tertiary/aromatic N) is 4. The van der Waals surface area contributed by atoms with Gasteiger partial charge in [0.1, 0.15) is 18.3 Å². The Bertz CT molecular complexity index is 2000. The second kappa shape index (κ2) is 15.3. The number of aliphatic hydroxyl groups excluding tert-OH is 5. The number of hydrogen-bond donors (Lipinski definition) is 6. The molecule has 6 N–H and O–H groups in total. The van der Waals surface area contributed by atoms with Crippen molar-refractivity contribution < 1.29 is 48.7 Å². The molecule has 3 aromatic carbocycles. The molecule has 1 unspecified atom stereocenters. The van der Waals surface area contributed by atoms with Gasteiger partial charge in [-0.2, -0.15) is 0 Å². The van der Waals surface area contributed by atoms with Gasteiger partial charge in [0.05, 0.1) is 36.6 Å². The van der Waals surface area contributed by atoms with Gasteiger partial charge in [0.15, 0.2) is 18.0 Å². The predicted molar refractivity (Wildman–Crippen MR) is 200 cm³/mol. The van der Waals surface area contributed by atoms with E-state index in [9.17, 15) is 35.1 Å². The Balaban J connectivity index is 1.20. The van der Waals surface area contributed by atoms with E-state index in [1.54, 1.807) is 47.1 Å². The average molecular weight is 776 g/mol. The minimum absolute atomic E-state index is 0.164. The molecule has 2 fully saturated rings. The van der Waals surface area contributed by atoms with Crippen molar-refractivity contribution in [2.24, 2.45) is 5.92 Å². The number of fused-ring (bicyclic) bond motifs is 2. The van der Waals surface area contributed by atoms with Crippen molar-refractivity contribution in [3.05, 3.63) is 107 Å². The Kier molecular flexibility index (Phi) is 10.8. The molecule has 4 aromatic rings. The first-order chi connectivity index (χ1) is 26.2. The van der Waals surface area contributed by atoms with Crippen LogP contribution in [0.3, 0.4) is 0 Å². The Labute approximate surface area is 318 Å². The highest BCUT2D eigenvalue weighted by Gasteiger charge is 2.66. The van der Waals surface area contributed by atoms with Gasteiger partial charge in [0, 0.05) is 35.5 Å². The van der Waals surface area contributed by atoms with Crippen LogP contribution in [0.5, 0.6) is 0 Å². The van der Waals surface area contributed by atoms with Crippen LogP contribution in [0.2, 0.25) is 18.6 Å². The third-order valence-electron chi connectivity index (χ3n) is 11.2. The van der Waals surface area contributed by atoms with Gasteiger partial charge in [-0.15, -0.1) is 5.10 Å². The molecule has 1 aromatic heterocycles. The van der Waals surface area contributed by atoms with E-state index >= 15 is 4.11 Å². The van der Waals surface area contributed by atoms with E-state index in [0.29, 0.717) is 29.9 Å². The summed E-state index contributed by atoms with van der Waals surface area (Å²) in [5, 5.41) is 62.0. The minimum atomic E-state index is -3.54. The zero-order valence-electron chi connectivity index (χ0n) is 30.6. The molecule has 1 spiro atoms. The fourth-order valence-corrected chi connectivity index (χ4v) is 11.0. The fourth-order valence-electron chi connectivity index (χ4n) is 8.51. The standard InChI is InChI=1S/C39H46FN5O9Si/c1-22-35(55(2,3)40)30(16-17-44-20-28(42-43-44)26(21-46)24-12-8-5-9-13-24)54-39(22)27-18-25(41-36(50)34-32(48)31(47)33(49)37(51)53-34)14-15-29(27)45(38(39)52)19-23-10-6-4-7-11-23/h4-15,18,20,22,26,30-35,37,46-49,51H,16-17,19,21H2,1-3H3,(H,41,50)/t22-,26?,30+,31+,32+,33-,34+,35-,37-,39+/m1/s1. The van der Waals surface area contributed by atoms with Crippen LogP contribution in [-0.4, -0.2) is 104 Å². The topological polar surface area (TPSA) is 200 Å². The van der Waals surface area contributed by atoms with Crippen LogP contribution >= 0.6 is 0 Å². The van der Waals surface area contributed by atoms with Crippen molar-refractivity contribution >= 4 is 31.6 Å². The lowest BCUT2D eigenvalue weighted by Crippen LogP contribution is -2.60. The fraction of sp³-hybridized carbons (Fsp3) is 0.436. The number of carbonyl (C=O) groups excluding carboxylic acids is 2. The van der Waals surface area contributed by atoms with Crippen molar-refractivity contribution in [2.45, 2.75) is 93.4 Å². The molecule has 0 radical (unpaired) electrons. The Morgan fingerprint density at radius 2 is 1.69 bits per heavy atom. The largest absolute Gasteiger partial charge is 0.395 e. The number of carbonyl (C=O) groups is 2.